The van der Waals surface area contributed by atoms with Crippen molar-refractivity contribution in [3.8, 4) is 0 Å². The van der Waals surface area contributed by atoms with Crippen molar-refractivity contribution in [1.29, 1.82) is 0 Å². The molecule has 94 valence electrons. The zero-order valence-corrected chi connectivity index (χ0v) is 11.3. The van der Waals surface area contributed by atoms with E-state index in [0.29, 0.717) is 9.92 Å². The fourth-order valence-corrected chi connectivity index (χ4v) is 3.62. The molecule has 0 saturated heterocycles. The molecule has 0 aliphatic heterocycles. The Balaban J connectivity index is 2.21. The van der Waals surface area contributed by atoms with Gasteiger partial charge in [-0.15, -0.1) is 0 Å². The van der Waals surface area contributed by atoms with Gasteiger partial charge in [0.1, 0.15) is 0 Å². The van der Waals surface area contributed by atoms with Crippen LogP contribution in [-0.4, -0.2) is 14.5 Å². The van der Waals surface area contributed by atoms with Crippen LogP contribution >= 0.6 is 11.6 Å². The molecule has 0 unspecified atom stereocenters. The molecule has 1 aromatic carbocycles. The maximum absolute atomic E-state index is 12.1. The number of halogens is 1. The SMILES string of the molecule is Cc1cc(S(=O)(=O)NC2CCCC2)ccc1Cl. The fraction of sp³-hybridized carbons (Fsp3) is 0.500. The third-order valence-electron chi connectivity index (χ3n) is 3.12. The molecule has 0 atom stereocenters. The third kappa shape index (κ3) is 3.00. The third-order valence-corrected chi connectivity index (χ3v) is 5.06. The molecule has 0 aromatic heterocycles. The molecule has 0 radical (unpaired) electrons. The van der Waals surface area contributed by atoms with Gasteiger partial charge in [0.05, 0.1) is 4.90 Å². The number of benzene rings is 1. The summed E-state index contributed by atoms with van der Waals surface area (Å²) in [5.41, 5.74) is 0.779. The Morgan fingerprint density at radius 2 is 1.94 bits per heavy atom. The van der Waals surface area contributed by atoms with E-state index in [1.165, 1.54) is 0 Å². The monoisotopic (exact) mass is 273 g/mol. The highest BCUT2D eigenvalue weighted by Crippen LogP contribution is 2.22. The summed E-state index contributed by atoms with van der Waals surface area (Å²) >= 11 is 5.89. The molecule has 17 heavy (non-hydrogen) atoms. The summed E-state index contributed by atoms with van der Waals surface area (Å²) in [5, 5.41) is 0.588. The first-order valence-electron chi connectivity index (χ1n) is 5.77. The van der Waals surface area contributed by atoms with E-state index in [1.54, 1.807) is 25.1 Å². The molecule has 0 bridgehead atoms. The first kappa shape index (κ1) is 12.9. The van der Waals surface area contributed by atoms with Gasteiger partial charge in [-0.25, -0.2) is 13.1 Å². The number of nitrogens with one attached hydrogen (secondary N) is 1. The number of rotatable bonds is 3. The second-order valence-electron chi connectivity index (χ2n) is 4.51. The summed E-state index contributed by atoms with van der Waals surface area (Å²) in [6, 6.07) is 4.88. The van der Waals surface area contributed by atoms with Gasteiger partial charge >= 0.3 is 0 Å². The molecule has 1 N–H and O–H groups in total. The van der Waals surface area contributed by atoms with E-state index < -0.39 is 10.0 Å². The van der Waals surface area contributed by atoms with Crippen LogP contribution in [0.25, 0.3) is 0 Å². The van der Waals surface area contributed by atoms with Crippen LogP contribution in [0, 0.1) is 6.92 Å². The van der Waals surface area contributed by atoms with Crippen molar-refractivity contribution < 1.29 is 8.42 Å². The Kier molecular flexibility index (Phi) is 3.76. The molecule has 1 aromatic rings. The molecule has 1 saturated carbocycles. The molecule has 2 rings (SSSR count). The van der Waals surface area contributed by atoms with Gasteiger partial charge in [-0.05, 0) is 43.5 Å². The van der Waals surface area contributed by atoms with Crippen molar-refractivity contribution in [2.45, 2.75) is 43.5 Å². The quantitative estimate of drug-likeness (QED) is 0.920. The average molecular weight is 274 g/mol. The minimum Gasteiger partial charge on any atom is -0.208 e. The second-order valence-corrected chi connectivity index (χ2v) is 6.63. The highest BCUT2D eigenvalue weighted by atomic mass is 35.5. The minimum atomic E-state index is -3.39. The van der Waals surface area contributed by atoms with Crippen molar-refractivity contribution in [1.82, 2.24) is 4.72 Å². The van der Waals surface area contributed by atoms with Crippen molar-refractivity contribution in [2.24, 2.45) is 0 Å². The van der Waals surface area contributed by atoms with Crippen LogP contribution < -0.4 is 4.72 Å². The molecule has 0 amide bonds. The summed E-state index contributed by atoms with van der Waals surface area (Å²) in [6.07, 6.45) is 4.08. The molecule has 0 heterocycles. The van der Waals surface area contributed by atoms with E-state index >= 15 is 0 Å². The van der Waals surface area contributed by atoms with Gasteiger partial charge in [0, 0.05) is 11.1 Å². The zero-order valence-electron chi connectivity index (χ0n) is 9.74. The first-order valence-corrected chi connectivity index (χ1v) is 7.63. The predicted molar refractivity (Wildman–Crippen MR) is 68.8 cm³/mol. The molecular weight excluding hydrogens is 258 g/mol. The van der Waals surface area contributed by atoms with Crippen molar-refractivity contribution in [3.05, 3.63) is 28.8 Å². The summed E-state index contributed by atoms with van der Waals surface area (Å²) < 4.78 is 26.9. The van der Waals surface area contributed by atoms with Gasteiger partial charge < -0.3 is 0 Å². The van der Waals surface area contributed by atoms with Crippen molar-refractivity contribution >= 4 is 21.6 Å². The standard InChI is InChI=1S/C12H16ClNO2S/c1-9-8-11(6-7-12(9)13)17(15,16)14-10-4-2-3-5-10/h6-8,10,14H,2-5H2,1H3. The molecule has 5 heteroatoms. The van der Waals surface area contributed by atoms with E-state index in [2.05, 4.69) is 4.72 Å². The first-order chi connectivity index (χ1) is 7.99. The minimum absolute atomic E-state index is 0.0935. The topological polar surface area (TPSA) is 46.2 Å². The smallest absolute Gasteiger partial charge is 0.208 e. The van der Waals surface area contributed by atoms with E-state index in [1.807, 2.05) is 0 Å². The summed E-state index contributed by atoms with van der Waals surface area (Å²) in [6.45, 7) is 1.80. The fourth-order valence-electron chi connectivity index (χ4n) is 2.12. The Morgan fingerprint density at radius 1 is 1.29 bits per heavy atom. The largest absolute Gasteiger partial charge is 0.240 e. The summed E-state index contributed by atoms with van der Waals surface area (Å²) in [4.78, 5) is 0.298. The van der Waals surface area contributed by atoms with Crippen LogP contribution in [0.15, 0.2) is 23.1 Å². The van der Waals surface area contributed by atoms with Crippen LogP contribution in [0.1, 0.15) is 31.2 Å². The molecule has 3 nitrogen and oxygen atoms in total. The lowest BCUT2D eigenvalue weighted by Crippen LogP contribution is -2.32. The maximum Gasteiger partial charge on any atom is 0.240 e. The number of hydrogen-bond donors (Lipinski definition) is 1. The van der Waals surface area contributed by atoms with Crippen molar-refractivity contribution in [3.63, 3.8) is 0 Å². The molecule has 1 aliphatic carbocycles. The van der Waals surface area contributed by atoms with Gasteiger partial charge in [-0.3, -0.25) is 0 Å². The number of aryl methyl sites for hydroxylation is 1. The molecular formula is C12H16ClNO2S. The Bertz CT molecular complexity index is 507. The Morgan fingerprint density at radius 3 is 2.53 bits per heavy atom. The van der Waals surface area contributed by atoms with Gasteiger partial charge in [0.15, 0.2) is 0 Å². The second kappa shape index (κ2) is 4.96. The normalized spacial score (nSPS) is 17.5. The van der Waals surface area contributed by atoms with Gasteiger partial charge in [-0.2, -0.15) is 0 Å². The lowest BCUT2D eigenvalue weighted by atomic mass is 10.2. The molecule has 1 aliphatic rings. The van der Waals surface area contributed by atoms with E-state index in [9.17, 15) is 8.42 Å². The highest BCUT2D eigenvalue weighted by Gasteiger charge is 2.22. The van der Waals surface area contributed by atoms with Crippen LogP contribution in [0.3, 0.4) is 0 Å². The van der Waals surface area contributed by atoms with Gasteiger partial charge in [0.25, 0.3) is 0 Å². The predicted octanol–water partition coefficient (Wildman–Crippen LogP) is 2.87. The zero-order chi connectivity index (χ0) is 12.5. The van der Waals surface area contributed by atoms with Crippen molar-refractivity contribution in [2.75, 3.05) is 0 Å². The van der Waals surface area contributed by atoms with Crippen LogP contribution in [-0.2, 0) is 10.0 Å². The van der Waals surface area contributed by atoms with Crippen LogP contribution in [0.4, 0.5) is 0 Å². The molecule has 1 fully saturated rings. The lowest BCUT2D eigenvalue weighted by Gasteiger charge is -2.13. The van der Waals surface area contributed by atoms with Gasteiger partial charge in [-0.1, -0.05) is 24.4 Å². The Labute approximate surface area is 107 Å². The van der Waals surface area contributed by atoms with Crippen LogP contribution in [0.2, 0.25) is 5.02 Å². The van der Waals surface area contributed by atoms with Crippen LogP contribution in [0.5, 0.6) is 0 Å². The number of sulfonamides is 1. The van der Waals surface area contributed by atoms with E-state index in [-0.39, 0.29) is 6.04 Å². The van der Waals surface area contributed by atoms with E-state index in [4.69, 9.17) is 11.6 Å². The average Bonchev–Trinajstić information content (AvgIpc) is 2.73. The number of hydrogen-bond acceptors (Lipinski definition) is 2. The van der Waals surface area contributed by atoms with Gasteiger partial charge in [0.2, 0.25) is 10.0 Å². The summed E-state index contributed by atoms with van der Waals surface area (Å²) in [5.74, 6) is 0. The summed E-state index contributed by atoms with van der Waals surface area (Å²) in [7, 11) is -3.39. The highest BCUT2D eigenvalue weighted by molar-refractivity contribution is 7.89. The maximum atomic E-state index is 12.1. The lowest BCUT2D eigenvalue weighted by molar-refractivity contribution is 0.552. The van der Waals surface area contributed by atoms with E-state index in [0.717, 1.165) is 31.2 Å². The molecule has 0 spiro atoms. The Hall–Kier alpha value is -0.580.